The van der Waals surface area contributed by atoms with Crippen LogP contribution in [0, 0.1) is 11.8 Å². The monoisotopic (exact) mass is 278 g/mol. The topological polar surface area (TPSA) is 60.9 Å². The summed E-state index contributed by atoms with van der Waals surface area (Å²) < 4.78 is 0. The highest BCUT2D eigenvalue weighted by Crippen LogP contribution is 2.18. The predicted molar refractivity (Wildman–Crippen MR) is 71.8 cm³/mol. The van der Waals surface area contributed by atoms with Crippen LogP contribution < -0.4 is 0 Å². The Hall–Kier alpha value is -1.84. The van der Waals surface area contributed by atoms with E-state index in [1.807, 2.05) is 0 Å². The summed E-state index contributed by atoms with van der Waals surface area (Å²) in [7, 11) is 1.73. The lowest BCUT2D eigenvalue weighted by Gasteiger charge is -2.31. The van der Waals surface area contributed by atoms with Crippen LogP contribution in [-0.4, -0.2) is 60.0 Å². The summed E-state index contributed by atoms with van der Waals surface area (Å²) in [4.78, 5) is 28.3. The van der Waals surface area contributed by atoms with Gasteiger partial charge < -0.3 is 14.9 Å². The molecule has 1 fully saturated rings. The van der Waals surface area contributed by atoms with Gasteiger partial charge in [-0.3, -0.25) is 9.59 Å². The van der Waals surface area contributed by atoms with E-state index in [-0.39, 0.29) is 25.0 Å². The quantitative estimate of drug-likeness (QED) is 0.736. The Morgan fingerprint density at radius 2 is 2.26 bits per heavy atom. The van der Waals surface area contributed by atoms with Gasteiger partial charge >= 0.3 is 0 Å². The molecule has 2 rings (SSSR count). The van der Waals surface area contributed by atoms with Crippen LogP contribution >= 0.6 is 11.3 Å². The Morgan fingerprint density at radius 3 is 2.95 bits per heavy atom. The SMILES string of the molecule is CN1CCN(C(=O)c2ccc(C#CCO)s2)CC1=O. The lowest BCUT2D eigenvalue weighted by atomic mass is 10.3. The molecule has 100 valence electrons. The van der Waals surface area contributed by atoms with E-state index in [1.165, 1.54) is 11.3 Å². The highest BCUT2D eigenvalue weighted by atomic mass is 32.1. The molecule has 2 heterocycles. The number of aliphatic hydroxyl groups excluding tert-OH is 1. The fourth-order valence-corrected chi connectivity index (χ4v) is 2.58. The van der Waals surface area contributed by atoms with E-state index in [0.717, 1.165) is 4.88 Å². The molecule has 1 aliphatic rings. The number of aliphatic hydroxyl groups is 1. The third-order valence-electron chi connectivity index (χ3n) is 2.85. The number of amides is 2. The fourth-order valence-electron chi connectivity index (χ4n) is 1.73. The van der Waals surface area contributed by atoms with E-state index in [4.69, 9.17) is 5.11 Å². The van der Waals surface area contributed by atoms with Gasteiger partial charge in [0.2, 0.25) is 5.91 Å². The number of likely N-dealkylation sites (N-methyl/N-ethyl adjacent to an activating group) is 1. The highest BCUT2D eigenvalue weighted by molar-refractivity contribution is 7.14. The molecule has 6 heteroatoms. The molecule has 2 amide bonds. The molecule has 0 aliphatic carbocycles. The van der Waals surface area contributed by atoms with Gasteiger partial charge in [-0.25, -0.2) is 0 Å². The van der Waals surface area contributed by atoms with Crippen molar-refractivity contribution in [3.05, 3.63) is 21.9 Å². The zero-order valence-corrected chi connectivity index (χ0v) is 11.4. The molecule has 0 unspecified atom stereocenters. The fraction of sp³-hybridized carbons (Fsp3) is 0.385. The molecular weight excluding hydrogens is 264 g/mol. The van der Waals surface area contributed by atoms with E-state index in [1.54, 1.807) is 29.0 Å². The van der Waals surface area contributed by atoms with Crippen molar-refractivity contribution in [2.24, 2.45) is 0 Å². The molecule has 1 aliphatic heterocycles. The molecule has 1 aromatic rings. The Morgan fingerprint density at radius 1 is 1.47 bits per heavy atom. The van der Waals surface area contributed by atoms with Crippen molar-refractivity contribution >= 4 is 23.2 Å². The van der Waals surface area contributed by atoms with Gasteiger partial charge in [-0.1, -0.05) is 11.8 Å². The van der Waals surface area contributed by atoms with Gasteiger partial charge in [0, 0.05) is 20.1 Å². The third-order valence-corrected chi connectivity index (χ3v) is 3.84. The van der Waals surface area contributed by atoms with Gasteiger partial charge in [0.25, 0.3) is 5.91 Å². The average Bonchev–Trinajstić information content (AvgIpc) is 2.87. The summed E-state index contributed by atoms with van der Waals surface area (Å²) in [5.41, 5.74) is 0. The van der Waals surface area contributed by atoms with Crippen LogP contribution in [-0.2, 0) is 4.79 Å². The first-order chi connectivity index (χ1) is 9.11. The minimum atomic E-state index is -0.200. The van der Waals surface area contributed by atoms with Crippen molar-refractivity contribution in [1.82, 2.24) is 9.80 Å². The summed E-state index contributed by atoms with van der Waals surface area (Å²) in [6, 6.07) is 3.45. The Kier molecular flexibility index (Phi) is 4.20. The molecule has 1 aromatic heterocycles. The number of carbonyl (C=O) groups is 2. The van der Waals surface area contributed by atoms with Crippen LogP contribution in [0.2, 0.25) is 0 Å². The van der Waals surface area contributed by atoms with Gasteiger partial charge in [0.15, 0.2) is 0 Å². The highest BCUT2D eigenvalue weighted by Gasteiger charge is 2.26. The molecule has 0 aromatic carbocycles. The molecule has 5 nitrogen and oxygen atoms in total. The molecule has 0 saturated carbocycles. The lowest BCUT2D eigenvalue weighted by Crippen LogP contribution is -2.50. The molecule has 19 heavy (non-hydrogen) atoms. The van der Waals surface area contributed by atoms with E-state index < -0.39 is 0 Å². The maximum atomic E-state index is 12.2. The largest absolute Gasteiger partial charge is 0.384 e. The Labute approximate surface area is 115 Å². The number of rotatable bonds is 1. The van der Waals surface area contributed by atoms with Crippen LogP contribution in [0.5, 0.6) is 0 Å². The van der Waals surface area contributed by atoms with Gasteiger partial charge in [-0.15, -0.1) is 11.3 Å². The summed E-state index contributed by atoms with van der Waals surface area (Å²) in [5.74, 6) is 5.12. The third kappa shape index (κ3) is 3.13. The molecule has 0 spiro atoms. The van der Waals surface area contributed by atoms with Crippen LogP contribution in [0.4, 0.5) is 0 Å². The molecule has 0 bridgehead atoms. The number of piperazine rings is 1. The van der Waals surface area contributed by atoms with E-state index >= 15 is 0 Å². The summed E-state index contributed by atoms with van der Waals surface area (Å²) in [6.45, 7) is 1.04. The summed E-state index contributed by atoms with van der Waals surface area (Å²) >= 11 is 1.28. The van der Waals surface area contributed by atoms with E-state index in [9.17, 15) is 9.59 Å². The zero-order chi connectivity index (χ0) is 13.8. The van der Waals surface area contributed by atoms with Gasteiger partial charge in [-0.2, -0.15) is 0 Å². The van der Waals surface area contributed by atoms with Crippen molar-refractivity contribution in [1.29, 1.82) is 0 Å². The second kappa shape index (κ2) is 5.87. The van der Waals surface area contributed by atoms with E-state index in [2.05, 4.69) is 11.8 Å². The van der Waals surface area contributed by atoms with Gasteiger partial charge in [0.05, 0.1) is 9.75 Å². The smallest absolute Gasteiger partial charge is 0.264 e. The number of nitrogens with zero attached hydrogens (tertiary/aromatic N) is 2. The number of thiophene rings is 1. The first kappa shape index (κ1) is 13.6. The first-order valence-electron chi connectivity index (χ1n) is 5.84. The van der Waals surface area contributed by atoms with Gasteiger partial charge in [0.1, 0.15) is 13.2 Å². The molecule has 1 saturated heterocycles. The number of hydrogen-bond acceptors (Lipinski definition) is 4. The minimum absolute atomic E-state index is 0.0450. The van der Waals surface area contributed by atoms with E-state index in [0.29, 0.717) is 18.0 Å². The Bertz CT molecular complexity index is 556. The minimum Gasteiger partial charge on any atom is -0.384 e. The normalized spacial score (nSPS) is 15.2. The van der Waals surface area contributed by atoms with Crippen LogP contribution in [0.1, 0.15) is 14.5 Å². The Balaban J connectivity index is 2.07. The van der Waals surface area contributed by atoms with Gasteiger partial charge in [-0.05, 0) is 12.1 Å². The standard InChI is InChI=1S/C13H14N2O3S/c1-14-6-7-15(9-12(14)17)13(18)11-5-4-10(19-11)3-2-8-16/h4-5,16H,6-9H2,1H3. The average molecular weight is 278 g/mol. The molecular formula is C13H14N2O3S. The second-order valence-corrected chi connectivity index (χ2v) is 5.25. The maximum absolute atomic E-state index is 12.2. The predicted octanol–water partition coefficient (Wildman–Crippen LogP) is 0.00610. The lowest BCUT2D eigenvalue weighted by molar-refractivity contribution is -0.133. The summed E-state index contributed by atoms with van der Waals surface area (Å²) in [5, 5.41) is 8.62. The van der Waals surface area contributed by atoms with Crippen molar-refractivity contribution in [3.8, 4) is 11.8 Å². The van der Waals surface area contributed by atoms with Crippen LogP contribution in [0.3, 0.4) is 0 Å². The van der Waals surface area contributed by atoms with Crippen molar-refractivity contribution in [2.45, 2.75) is 0 Å². The second-order valence-electron chi connectivity index (χ2n) is 4.17. The van der Waals surface area contributed by atoms with Crippen LogP contribution in [0.25, 0.3) is 0 Å². The van der Waals surface area contributed by atoms with Crippen molar-refractivity contribution < 1.29 is 14.7 Å². The molecule has 0 atom stereocenters. The van der Waals surface area contributed by atoms with Crippen molar-refractivity contribution in [2.75, 3.05) is 33.3 Å². The summed E-state index contributed by atoms with van der Waals surface area (Å²) in [6.07, 6.45) is 0. The molecule has 0 radical (unpaired) electrons. The van der Waals surface area contributed by atoms with Crippen molar-refractivity contribution in [3.63, 3.8) is 0 Å². The molecule has 1 N–H and O–H groups in total. The maximum Gasteiger partial charge on any atom is 0.264 e. The number of hydrogen-bond donors (Lipinski definition) is 1. The zero-order valence-electron chi connectivity index (χ0n) is 10.5. The number of carbonyl (C=O) groups excluding carboxylic acids is 2. The van der Waals surface area contributed by atoms with Crippen LogP contribution in [0.15, 0.2) is 12.1 Å². The first-order valence-corrected chi connectivity index (χ1v) is 6.66.